The third-order valence-electron chi connectivity index (χ3n) is 4.97. The van der Waals surface area contributed by atoms with E-state index in [-0.39, 0.29) is 12.5 Å². The number of nitrogens with one attached hydrogen (secondary N) is 2. The second-order valence-electron chi connectivity index (χ2n) is 7.40. The molecular formula is C21H35N5O2. The lowest BCUT2D eigenvalue weighted by molar-refractivity contribution is -0.120. The normalized spacial score (nSPS) is 15.8. The van der Waals surface area contributed by atoms with Gasteiger partial charge in [-0.15, -0.1) is 0 Å². The first kappa shape index (κ1) is 22.2. The van der Waals surface area contributed by atoms with Gasteiger partial charge in [0, 0.05) is 53.4 Å². The monoisotopic (exact) mass is 389 g/mol. The minimum atomic E-state index is -0.0540. The van der Waals surface area contributed by atoms with Crippen LogP contribution >= 0.6 is 0 Å². The van der Waals surface area contributed by atoms with Crippen LogP contribution in [0.5, 0.6) is 0 Å². The summed E-state index contributed by atoms with van der Waals surface area (Å²) in [7, 11) is 3.38. The van der Waals surface area contributed by atoms with E-state index in [4.69, 9.17) is 4.74 Å². The summed E-state index contributed by atoms with van der Waals surface area (Å²) in [5.74, 6) is 1.29. The van der Waals surface area contributed by atoms with E-state index in [2.05, 4.69) is 63.5 Å². The summed E-state index contributed by atoms with van der Waals surface area (Å²) < 4.78 is 4.93. The predicted molar refractivity (Wildman–Crippen MR) is 114 cm³/mol. The number of carbonyl (C=O) groups is 1. The highest BCUT2D eigenvalue weighted by Gasteiger charge is 2.20. The SMILES string of the molecule is CN=C(NCC(=O)NCCOC)N1CCN(Cc2ccc(C(C)C)cc2)CC1. The molecule has 1 aliphatic heterocycles. The van der Waals surface area contributed by atoms with Crippen LogP contribution in [0.1, 0.15) is 30.9 Å². The van der Waals surface area contributed by atoms with Gasteiger partial charge < -0.3 is 20.3 Å². The second-order valence-corrected chi connectivity index (χ2v) is 7.40. The molecule has 1 saturated heterocycles. The molecule has 1 heterocycles. The summed E-state index contributed by atoms with van der Waals surface area (Å²) in [6.07, 6.45) is 0. The second kappa shape index (κ2) is 11.7. The molecule has 1 fully saturated rings. The quantitative estimate of drug-likeness (QED) is 0.398. The molecule has 156 valence electrons. The molecule has 1 aromatic rings. The Morgan fingerprint density at radius 1 is 1.14 bits per heavy atom. The first-order valence-corrected chi connectivity index (χ1v) is 10.1. The van der Waals surface area contributed by atoms with Gasteiger partial charge in [0.05, 0.1) is 13.2 Å². The van der Waals surface area contributed by atoms with Crippen LogP contribution in [0.15, 0.2) is 29.3 Å². The Kier molecular flexibility index (Phi) is 9.23. The molecule has 0 unspecified atom stereocenters. The number of rotatable bonds is 8. The van der Waals surface area contributed by atoms with E-state index in [9.17, 15) is 4.79 Å². The molecule has 7 nitrogen and oxygen atoms in total. The average molecular weight is 390 g/mol. The van der Waals surface area contributed by atoms with Crippen molar-refractivity contribution in [2.24, 2.45) is 4.99 Å². The van der Waals surface area contributed by atoms with Gasteiger partial charge in [-0.1, -0.05) is 38.1 Å². The Morgan fingerprint density at radius 3 is 2.39 bits per heavy atom. The zero-order valence-electron chi connectivity index (χ0n) is 17.7. The number of hydrogen-bond acceptors (Lipinski definition) is 4. The number of benzene rings is 1. The third kappa shape index (κ3) is 7.13. The van der Waals surface area contributed by atoms with Crippen LogP contribution in [0.2, 0.25) is 0 Å². The number of methoxy groups -OCH3 is 1. The molecule has 2 rings (SSSR count). The van der Waals surface area contributed by atoms with Crippen LogP contribution in [-0.4, -0.2) is 81.7 Å². The van der Waals surface area contributed by atoms with Crippen LogP contribution in [-0.2, 0) is 16.1 Å². The highest BCUT2D eigenvalue weighted by molar-refractivity contribution is 5.86. The van der Waals surface area contributed by atoms with E-state index in [0.29, 0.717) is 19.1 Å². The minimum Gasteiger partial charge on any atom is -0.383 e. The summed E-state index contributed by atoms with van der Waals surface area (Å²) in [6.45, 7) is 10.4. The Hall–Kier alpha value is -2.12. The van der Waals surface area contributed by atoms with Crippen LogP contribution in [0.25, 0.3) is 0 Å². The van der Waals surface area contributed by atoms with Crippen molar-refractivity contribution in [2.75, 3.05) is 60.0 Å². The lowest BCUT2D eigenvalue weighted by Crippen LogP contribution is -2.53. The summed E-state index contributed by atoms with van der Waals surface area (Å²) >= 11 is 0. The van der Waals surface area contributed by atoms with Crippen LogP contribution in [0.4, 0.5) is 0 Å². The molecule has 7 heteroatoms. The molecule has 0 radical (unpaired) electrons. The van der Waals surface area contributed by atoms with Gasteiger partial charge in [-0.25, -0.2) is 0 Å². The molecule has 28 heavy (non-hydrogen) atoms. The minimum absolute atomic E-state index is 0.0540. The standard InChI is InChI=1S/C21H35N5O2/c1-17(2)19-7-5-18(6-8-19)16-25-10-12-26(13-11-25)21(22-3)24-15-20(27)23-9-14-28-4/h5-8,17H,9-16H2,1-4H3,(H,22,24)(H,23,27). The Balaban J connectivity index is 1.74. The fourth-order valence-corrected chi connectivity index (χ4v) is 3.23. The van der Waals surface area contributed by atoms with Crippen molar-refractivity contribution in [1.29, 1.82) is 0 Å². The van der Waals surface area contributed by atoms with Crippen molar-refractivity contribution in [2.45, 2.75) is 26.3 Å². The van der Waals surface area contributed by atoms with E-state index in [1.165, 1.54) is 11.1 Å². The van der Waals surface area contributed by atoms with Crippen molar-refractivity contribution in [1.82, 2.24) is 20.4 Å². The molecule has 1 amide bonds. The van der Waals surface area contributed by atoms with Crippen molar-refractivity contribution in [3.05, 3.63) is 35.4 Å². The number of hydrogen-bond donors (Lipinski definition) is 2. The first-order chi connectivity index (χ1) is 13.5. The van der Waals surface area contributed by atoms with E-state index >= 15 is 0 Å². The van der Waals surface area contributed by atoms with Gasteiger partial charge in [-0.2, -0.15) is 0 Å². The van der Waals surface area contributed by atoms with Gasteiger partial charge in [0.15, 0.2) is 5.96 Å². The number of aliphatic imine (C=N–C) groups is 1. The topological polar surface area (TPSA) is 69.2 Å². The summed E-state index contributed by atoms with van der Waals surface area (Å²) in [5, 5.41) is 5.95. The highest BCUT2D eigenvalue weighted by atomic mass is 16.5. The van der Waals surface area contributed by atoms with E-state index < -0.39 is 0 Å². The lowest BCUT2D eigenvalue weighted by atomic mass is 10.0. The Morgan fingerprint density at radius 2 is 1.82 bits per heavy atom. The largest absolute Gasteiger partial charge is 0.383 e. The summed E-state index contributed by atoms with van der Waals surface area (Å²) in [6, 6.07) is 8.95. The number of nitrogens with zero attached hydrogens (tertiary/aromatic N) is 3. The highest BCUT2D eigenvalue weighted by Crippen LogP contribution is 2.16. The molecule has 1 aliphatic rings. The number of guanidine groups is 1. The molecule has 0 aliphatic carbocycles. The van der Waals surface area contributed by atoms with E-state index in [0.717, 1.165) is 38.7 Å². The van der Waals surface area contributed by atoms with Crippen LogP contribution in [0, 0.1) is 0 Å². The van der Waals surface area contributed by atoms with Crippen molar-refractivity contribution >= 4 is 11.9 Å². The van der Waals surface area contributed by atoms with Gasteiger partial charge >= 0.3 is 0 Å². The predicted octanol–water partition coefficient (Wildman–Crippen LogP) is 1.27. The summed E-state index contributed by atoms with van der Waals surface area (Å²) in [4.78, 5) is 20.8. The number of carbonyl (C=O) groups excluding carboxylic acids is 1. The van der Waals surface area contributed by atoms with Crippen LogP contribution in [0.3, 0.4) is 0 Å². The zero-order chi connectivity index (χ0) is 20.4. The third-order valence-corrected chi connectivity index (χ3v) is 4.97. The number of piperazine rings is 1. The fourth-order valence-electron chi connectivity index (χ4n) is 3.23. The molecule has 0 aromatic heterocycles. The van der Waals surface area contributed by atoms with Crippen molar-refractivity contribution < 1.29 is 9.53 Å². The van der Waals surface area contributed by atoms with Crippen LogP contribution < -0.4 is 10.6 Å². The van der Waals surface area contributed by atoms with E-state index in [1.807, 2.05) is 0 Å². The van der Waals surface area contributed by atoms with E-state index in [1.54, 1.807) is 14.2 Å². The molecule has 0 saturated carbocycles. The first-order valence-electron chi connectivity index (χ1n) is 10.1. The van der Waals surface area contributed by atoms with Gasteiger partial charge in [0.1, 0.15) is 0 Å². The summed E-state index contributed by atoms with van der Waals surface area (Å²) in [5.41, 5.74) is 2.74. The van der Waals surface area contributed by atoms with Gasteiger partial charge in [-0.3, -0.25) is 14.7 Å². The zero-order valence-corrected chi connectivity index (χ0v) is 17.7. The number of ether oxygens (including phenoxy) is 1. The Labute approximate surface area is 169 Å². The molecule has 2 N–H and O–H groups in total. The maximum Gasteiger partial charge on any atom is 0.239 e. The maximum absolute atomic E-state index is 11.8. The van der Waals surface area contributed by atoms with Gasteiger partial charge in [0.2, 0.25) is 5.91 Å². The average Bonchev–Trinajstić information content (AvgIpc) is 2.70. The molecule has 0 spiro atoms. The van der Waals surface area contributed by atoms with Gasteiger partial charge in [-0.05, 0) is 17.0 Å². The van der Waals surface area contributed by atoms with Gasteiger partial charge in [0.25, 0.3) is 0 Å². The van der Waals surface area contributed by atoms with Crippen molar-refractivity contribution in [3.63, 3.8) is 0 Å². The lowest BCUT2D eigenvalue weighted by Gasteiger charge is -2.36. The number of amides is 1. The molecule has 1 aromatic carbocycles. The molecule has 0 bridgehead atoms. The fraction of sp³-hybridized carbons (Fsp3) is 0.619. The van der Waals surface area contributed by atoms with Crippen molar-refractivity contribution in [3.8, 4) is 0 Å². The smallest absolute Gasteiger partial charge is 0.239 e. The maximum atomic E-state index is 11.8. The molecule has 0 atom stereocenters. The Bertz CT molecular complexity index is 622. The molecular weight excluding hydrogens is 354 g/mol.